The second kappa shape index (κ2) is 7.09. The van der Waals surface area contributed by atoms with E-state index in [1.54, 1.807) is 31.6 Å². The maximum absolute atomic E-state index is 13.4. The Hall–Kier alpha value is -3.60. The van der Waals surface area contributed by atoms with Gasteiger partial charge in [-0.05, 0) is 47.9 Å². The molecule has 2 aromatic carbocycles. The molecule has 0 radical (unpaired) electrons. The molecule has 0 bridgehead atoms. The van der Waals surface area contributed by atoms with Crippen LogP contribution in [0, 0.1) is 0 Å². The summed E-state index contributed by atoms with van der Waals surface area (Å²) in [6, 6.07) is 19.7. The number of amides is 1. The number of H-pyrrole nitrogens is 1. The lowest BCUT2D eigenvalue weighted by Gasteiger charge is -2.36. The lowest BCUT2D eigenvalue weighted by molar-refractivity contribution is 0.0692. The van der Waals surface area contributed by atoms with Crippen LogP contribution in [0.3, 0.4) is 0 Å². The van der Waals surface area contributed by atoms with Crippen molar-refractivity contribution >= 4 is 16.8 Å². The third-order valence-corrected chi connectivity index (χ3v) is 5.65. The number of carbonyl (C=O) groups is 1. The minimum absolute atomic E-state index is 0.0116. The maximum Gasteiger partial charge on any atom is 0.254 e. The SMILES string of the molecule is COc1ccc(C2c3[nH]c4ccccc4c3CCN2C(=O)c2ccncc2)cc1. The molecule has 5 rings (SSSR count). The molecule has 0 saturated heterocycles. The van der Waals surface area contributed by atoms with Crippen molar-refractivity contribution in [3.05, 3.63) is 95.4 Å². The van der Waals surface area contributed by atoms with Crippen LogP contribution in [-0.2, 0) is 6.42 Å². The number of hydrogen-bond donors (Lipinski definition) is 1. The van der Waals surface area contributed by atoms with Crippen LogP contribution in [0.4, 0.5) is 0 Å². The van der Waals surface area contributed by atoms with Crippen LogP contribution in [-0.4, -0.2) is 34.4 Å². The van der Waals surface area contributed by atoms with Crippen LogP contribution in [0.1, 0.15) is 33.2 Å². The second-order valence-corrected chi connectivity index (χ2v) is 7.22. The number of rotatable bonds is 3. The first kappa shape index (κ1) is 17.5. The van der Waals surface area contributed by atoms with E-state index in [1.165, 1.54) is 10.9 Å². The van der Waals surface area contributed by atoms with Crippen LogP contribution in [0.2, 0.25) is 0 Å². The lowest BCUT2D eigenvalue weighted by Crippen LogP contribution is -2.40. The zero-order valence-corrected chi connectivity index (χ0v) is 16.1. The average molecular weight is 383 g/mol. The number of benzene rings is 2. The van der Waals surface area contributed by atoms with Gasteiger partial charge in [0.25, 0.3) is 5.91 Å². The molecule has 144 valence electrons. The molecule has 0 aliphatic carbocycles. The number of pyridine rings is 1. The number of nitrogens with zero attached hydrogens (tertiary/aromatic N) is 2. The summed E-state index contributed by atoms with van der Waals surface area (Å²) in [6.07, 6.45) is 4.14. The van der Waals surface area contributed by atoms with E-state index < -0.39 is 0 Å². The molecule has 1 aliphatic rings. The van der Waals surface area contributed by atoms with Gasteiger partial charge in [0, 0.05) is 41.1 Å². The Bertz CT molecular complexity index is 1170. The van der Waals surface area contributed by atoms with Crippen molar-refractivity contribution in [3.63, 3.8) is 0 Å². The molecule has 2 aromatic heterocycles. The van der Waals surface area contributed by atoms with E-state index in [-0.39, 0.29) is 11.9 Å². The fraction of sp³-hybridized carbons (Fsp3) is 0.167. The average Bonchev–Trinajstić information content (AvgIpc) is 3.17. The van der Waals surface area contributed by atoms with E-state index in [0.717, 1.165) is 28.9 Å². The Labute approximate surface area is 169 Å². The van der Waals surface area contributed by atoms with Gasteiger partial charge in [-0.2, -0.15) is 0 Å². The molecule has 1 amide bonds. The summed E-state index contributed by atoms with van der Waals surface area (Å²) in [5.41, 5.74) is 5.19. The normalized spacial score (nSPS) is 15.9. The van der Waals surface area contributed by atoms with Crippen molar-refractivity contribution in [1.82, 2.24) is 14.9 Å². The van der Waals surface area contributed by atoms with E-state index in [4.69, 9.17) is 4.74 Å². The van der Waals surface area contributed by atoms with Crippen molar-refractivity contribution in [2.75, 3.05) is 13.7 Å². The van der Waals surface area contributed by atoms with Crippen LogP contribution in [0.25, 0.3) is 10.9 Å². The number of para-hydroxylation sites is 1. The summed E-state index contributed by atoms with van der Waals surface area (Å²) in [6.45, 7) is 0.659. The minimum atomic E-state index is -0.183. The van der Waals surface area contributed by atoms with Crippen molar-refractivity contribution in [1.29, 1.82) is 0 Å². The van der Waals surface area contributed by atoms with Gasteiger partial charge in [-0.3, -0.25) is 9.78 Å². The molecule has 3 heterocycles. The van der Waals surface area contributed by atoms with E-state index in [1.807, 2.05) is 35.2 Å². The summed E-state index contributed by atoms with van der Waals surface area (Å²) in [5.74, 6) is 0.811. The summed E-state index contributed by atoms with van der Waals surface area (Å²) in [4.78, 5) is 23.0. The first-order valence-electron chi connectivity index (χ1n) is 9.70. The monoisotopic (exact) mass is 383 g/mol. The molecule has 0 spiro atoms. The van der Waals surface area contributed by atoms with E-state index in [2.05, 4.69) is 28.2 Å². The second-order valence-electron chi connectivity index (χ2n) is 7.22. The molecule has 5 nitrogen and oxygen atoms in total. The minimum Gasteiger partial charge on any atom is -0.497 e. The number of ether oxygens (including phenoxy) is 1. The van der Waals surface area contributed by atoms with Crippen molar-refractivity contribution in [2.45, 2.75) is 12.5 Å². The highest BCUT2D eigenvalue weighted by atomic mass is 16.5. The van der Waals surface area contributed by atoms with Crippen LogP contribution in [0.15, 0.2) is 73.1 Å². The highest BCUT2D eigenvalue weighted by molar-refractivity contribution is 5.95. The molecule has 0 saturated carbocycles. The molecule has 0 fully saturated rings. The van der Waals surface area contributed by atoms with Gasteiger partial charge >= 0.3 is 0 Å². The fourth-order valence-corrected chi connectivity index (χ4v) is 4.25. The number of methoxy groups -OCH3 is 1. The van der Waals surface area contributed by atoms with Gasteiger partial charge in [0.15, 0.2) is 0 Å². The molecule has 1 aliphatic heterocycles. The van der Waals surface area contributed by atoms with Crippen LogP contribution in [0.5, 0.6) is 5.75 Å². The summed E-state index contributed by atoms with van der Waals surface area (Å²) in [7, 11) is 1.66. The number of aromatic amines is 1. The molecule has 1 N–H and O–H groups in total. The van der Waals surface area contributed by atoms with Gasteiger partial charge in [0.05, 0.1) is 13.2 Å². The summed E-state index contributed by atoms with van der Waals surface area (Å²) >= 11 is 0. The van der Waals surface area contributed by atoms with Crippen LogP contribution >= 0.6 is 0 Å². The first-order chi connectivity index (χ1) is 14.3. The Morgan fingerprint density at radius 3 is 2.59 bits per heavy atom. The quantitative estimate of drug-likeness (QED) is 0.572. The van der Waals surface area contributed by atoms with E-state index >= 15 is 0 Å². The predicted molar refractivity (Wildman–Crippen MR) is 112 cm³/mol. The fourth-order valence-electron chi connectivity index (χ4n) is 4.25. The third-order valence-electron chi connectivity index (χ3n) is 5.65. The number of carbonyl (C=O) groups excluding carboxylic acids is 1. The number of aromatic nitrogens is 2. The Morgan fingerprint density at radius 1 is 1.07 bits per heavy atom. The number of hydrogen-bond acceptors (Lipinski definition) is 3. The van der Waals surface area contributed by atoms with Crippen molar-refractivity contribution < 1.29 is 9.53 Å². The van der Waals surface area contributed by atoms with Gasteiger partial charge in [0.1, 0.15) is 5.75 Å². The highest BCUT2D eigenvalue weighted by Crippen LogP contribution is 2.39. The van der Waals surface area contributed by atoms with Crippen molar-refractivity contribution in [3.8, 4) is 5.75 Å². The summed E-state index contributed by atoms with van der Waals surface area (Å²) in [5, 5.41) is 1.23. The lowest BCUT2D eigenvalue weighted by atomic mass is 9.91. The third kappa shape index (κ3) is 2.95. The molecule has 29 heavy (non-hydrogen) atoms. The van der Waals surface area contributed by atoms with E-state index in [0.29, 0.717) is 12.1 Å². The van der Waals surface area contributed by atoms with Gasteiger partial charge < -0.3 is 14.6 Å². The maximum atomic E-state index is 13.4. The standard InChI is InChI=1S/C24H21N3O2/c1-29-18-8-6-16(7-9-18)23-22-20(19-4-2-3-5-21(19)26-22)12-15-27(23)24(28)17-10-13-25-14-11-17/h2-11,13-14,23,26H,12,15H2,1H3. The zero-order valence-electron chi connectivity index (χ0n) is 16.1. The van der Waals surface area contributed by atoms with Gasteiger partial charge in [0.2, 0.25) is 0 Å². The molecule has 1 atom stereocenters. The first-order valence-corrected chi connectivity index (χ1v) is 9.70. The topological polar surface area (TPSA) is 58.2 Å². The summed E-state index contributed by atoms with van der Waals surface area (Å²) < 4.78 is 5.32. The molecule has 4 aromatic rings. The molecule has 5 heteroatoms. The van der Waals surface area contributed by atoms with Gasteiger partial charge in [-0.15, -0.1) is 0 Å². The molecule has 1 unspecified atom stereocenters. The van der Waals surface area contributed by atoms with Crippen molar-refractivity contribution in [2.24, 2.45) is 0 Å². The van der Waals surface area contributed by atoms with Gasteiger partial charge in [-0.25, -0.2) is 0 Å². The zero-order chi connectivity index (χ0) is 19.8. The number of fused-ring (bicyclic) bond motifs is 3. The smallest absolute Gasteiger partial charge is 0.254 e. The van der Waals surface area contributed by atoms with E-state index in [9.17, 15) is 4.79 Å². The van der Waals surface area contributed by atoms with Gasteiger partial charge in [-0.1, -0.05) is 30.3 Å². The Kier molecular flexibility index (Phi) is 4.28. The molecular formula is C24H21N3O2. The Balaban J connectivity index is 1.65. The Morgan fingerprint density at radius 2 is 1.83 bits per heavy atom. The van der Waals surface area contributed by atoms with Crippen LogP contribution < -0.4 is 4.74 Å². The highest BCUT2D eigenvalue weighted by Gasteiger charge is 2.34. The molecular weight excluding hydrogens is 362 g/mol. The largest absolute Gasteiger partial charge is 0.497 e. The number of nitrogens with one attached hydrogen (secondary N) is 1. The predicted octanol–water partition coefficient (Wildman–Crippen LogP) is 4.36.